The highest BCUT2D eigenvalue weighted by Gasteiger charge is 2.14. The summed E-state index contributed by atoms with van der Waals surface area (Å²) in [6, 6.07) is 2.11. The van der Waals surface area contributed by atoms with Gasteiger partial charge in [0.1, 0.15) is 5.82 Å². The van der Waals surface area contributed by atoms with Crippen molar-refractivity contribution in [1.29, 1.82) is 0 Å². The molecule has 1 aromatic heterocycles. The van der Waals surface area contributed by atoms with E-state index in [1.807, 2.05) is 6.20 Å². The lowest BCUT2D eigenvalue weighted by atomic mass is 10.0. The third-order valence-electron chi connectivity index (χ3n) is 2.98. The summed E-state index contributed by atoms with van der Waals surface area (Å²) in [5.41, 5.74) is 8.56. The summed E-state index contributed by atoms with van der Waals surface area (Å²) in [6.07, 6.45) is 6.64. The van der Waals surface area contributed by atoms with Gasteiger partial charge >= 0.3 is 0 Å². The van der Waals surface area contributed by atoms with Crippen molar-refractivity contribution in [2.45, 2.75) is 32.6 Å². The lowest BCUT2D eigenvalue weighted by molar-refractivity contribution is 0.510. The van der Waals surface area contributed by atoms with Crippen LogP contribution in [0.2, 0.25) is 0 Å². The van der Waals surface area contributed by atoms with Crippen molar-refractivity contribution in [3.63, 3.8) is 0 Å². The molecule has 0 aliphatic heterocycles. The number of fused-ring (bicyclic) bond motifs is 1. The van der Waals surface area contributed by atoms with Crippen molar-refractivity contribution < 1.29 is 0 Å². The molecule has 0 saturated carbocycles. The van der Waals surface area contributed by atoms with Gasteiger partial charge in [0.25, 0.3) is 0 Å². The lowest BCUT2D eigenvalue weighted by Gasteiger charge is -2.06. The van der Waals surface area contributed by atoms with Crippen molar-refractivity contribution in [3.8, 4) is 0 Å². The van der Waals surface area contributed by atoms with Gasteiger partial charge in [0.05, 0.1) is 0 Å². The molecule has 0 fully saturated rings. The van der Waals surface area contributed by atoms with Crippen molar-refractivity contribution in [2.75, 3.05) is 5.73 Å². The Bertz CT molecular complexity index is 307. The molecule has 0 bridgehead atoms. The van der Waals surface area contributed by atoms with E-state index in [0.717, 1.165) is 18.2 Å². The zero-order valence-electron chi connectivity index (χ0n) is 8.09. The predicted octanol–water partition coefficient (Wildman–Crippen LogP) is 2.18. The lowest BCUT2D eigenvalue weighted by Crippen LogP contribution is -2.00. The summed E-state index contributed by atoms with van der Waals surface area (Å²) in [5.74, 6) is 1.57. The highest BCUT2D eigenvalue weighted by atomic mass is 14.8. The molecule has 1 heterocycles. The number of hydrogen-bond donors (Lipinski definition) is 1. The van der Waals surface area contributed by atoms with Crippen LogP contribution < -0.4 is 5.73 Å². The fourth-order valence-electron chi connectivity index (χ4n) is 2.01. The van der Waals surface area contributed by atoms with Gasteiger partial charge in [-0.1, -0.05) is 6.92 Å². The summed E-state index contributed by atoms with van der Waals surface area (Å²) < 4.78 is 0. The van der Waals surface area contributed by atoms with Crippen LogP contribution in [0.3, 0.4) is 0 Å². The minimum atomic E-state index is 0.742. The quantitative estimate of drug-likeness (QED) is 0.615. The molecule has 0 aromatic carbocycles. The highest BCUT2D eigenvalue weighted by Crippen LogP contribution is 2.26. The maximum Gasteiger partial charge on any atom is 0.126 e. The zero-order valence-corrected chi connectivity index (χ0v) is 8.09. The van der Waals surface area contributed by atoms with Crippen LogP contribution in [0, 0.1) is 5.92 Å². The molecule has 2 rings (SSSR count). The molecular formula is C11H16N2. The van der Waals surface area contributed by atoms with E-state index in [1.165, 1.54) is 30.4 Å². The third kappa shape index (κ3) is 1.67. The Labute approximate surface area is 79.2 Å². The van der Waals surface area contributed by atoms with Gasteiger partial charge in [0, 0.05) is 6.20 Å². The predicted molar refractivity (Wildman–Crippen MR) is 54.5 cm³/mol. The van der Waals surface area contributed by atoms with E-state index < -0.39 is 0 Å². The maximum absolute atomic E-state index is 5.85. The average Bonchev–Trinajstić information content (AvgIpc) is 2.30. The first-order valence-electron chi connectivity index (χ1n) is 4.99. The molecule has 0 amide bonds. The number of nitrogen functional groups attached to an aromatic ring is 1. The normalized spacial score (nSPS) is 22.1. The molecule has 2 nitrogen and oxygen atoms in total. The molecule has 2 N–H and O–H groups in total. The van der Waals surface area contributed by atoms with Crippen molar-refractivity contribution in [3.05, 3.63) is 23.4 Å². The molecule has 13 heavy (non-hydrogen) atoms. The van der Waals surface area contributed by atoms with Crippen LogP contribution in [0.25, 0.3) is 0 Å². The Balaban J connectivity index is 2.35. The molecule has 1 atom stereocenters. The first-order valence-corrected chi connectivity index (χ1v) is 4.99. The fraction of sp³-hybridized carbons (Fsp3) is 0.545. The Morgan fingerprint density at radius 1 is 1.38 bits per heavy atom. The number of anilines is 1. The van der Waals surface area contributed by atoms with Gasteiger partial charge in [-0.15, -0.1) is 0 Å². The summed E-state index contributed by atoms with van der Waals surface area (Å²) in [4.78, 5) is 4.14. The van der Waals surface area contributed by atoms with Crippen molar-refractivity contribution >= 4 is 5.82 Å². The van der Waals surface area contributed by atoms with E-state index in [0.29, 0.717) is 0 Å². The topological polar surface area (TPSA) is 38.9 Å². The monoisotopic (exact) mass is 176 g/mol. The smallest absolute Gasteiger partial charge is 0.126 e. The minimum Gasteiger partial charge on any atom is -0.383 e. The average molecular weight is 176 g/mol. The molecular weight excluding hydrogens is 160 g/mol. The molecule has 0 saturated heterocycles. The van der Waals surface area contributed by atoms with Crippen LogP contribution >= 0.6 is 0 Å². The summed E-state index contributed by atoms with van der Waals surface area (Å²) >= 11 is 0. The first kappa shape index (κ1) is 8.54. The van der Waals surface area contributed by atoms with Gasteiger partial charge in [-0.25, -0.2) is 4.98 Å². The largest absolute Gasteiger partial charge is 0.383 e. The molecule has 70 valence electrons. The van der Waals surface area contributed by atoms with E-state index in [4.69, 9.17) is 5.73 Å². The number of nitrogens with zero attached hydrogens (tertiary/aromatic N) is 1. The Morgan fingerprint density at radius 3 is 3.00 bits per heavy atom. The van der Waals surface area contributed by atoms with E-state index in [2.05, 4.69) is 18.0 Å². The van der Waals surface area contributed by atoms with E-state index in [-0.39, 0.29) is 0 Å². The standard InChI is InChI=1S/C11H16N2/c1-8-2-4-9-6-7-13-11(12)10(9)5-3-8/h6-8H,2-5H2,1H3,(H2,12,13). The van der Waals surface area contributed by atoms with Crippen LogP contribution in [0.5, 0.6) is 0 Å². The second-order valence-electron chi connectivity index (χ2n) is 4.02. The van der Waals surface area contributed by atoms with Crippen LogP contribution in [0.1, 0.15) is 30.9 Å². The van der Waals surface area contributed by atoms with Gasteiger partial charge in [-0.05, 0) is 48.8 Å². The fourth-order valence-corrected chi connectivity index (χ4v) is 2.01. The van der Waals surface area contributed by atoms with Gasteiger partial charge in [-0.3, -0.25) is 0 Å². The van der Waals surface area contributed by atoms with Crippen molar-refractivity contribution in [1.82, 2.24) is 4.98 Å². The number of pyridine rings is 1. The number of rotatable bonds is 0. The summed E-state index contributed by atoms with van der Waals surface area (Å²) in [5, 5.41) is 0. The molecule has 0 radical (unpaired) electrons. The molecule has 1 unspecified atom stereocenters. The molecule has 1 aromatic rings. The zero-order chi connectivity index (χ0) is 9.26. The maximum atomic E-state index is 5.85. The molecule has 1 aliphatic carbocycles. The summed E-state index contributed by atoms with van der Waals surface area (Å²) in [7, 11) is 0. The van der Waals surface area contributed by atoms with Gasteiger partial charge < -0.3 is 5.73 Å². The molecule has 0 spiro atoms. The Morgan fingerprint density at radius 2 is 2.15 bits per heavy atom. The SMILES string of the molecule is CC1CCc2ccnc(N)c2CC1. The number of hydrogen-bond acceptors (Lipinski definition) is 2. The highest BCUT2D eigenvalue weighted by molar-refractivity contribution is 5.44. The first-order chi connectivity index (χ1) is 6.27. The van der Waals surface area contributed by atoms with Crippen LogP contribution in [0.15, 0.2) is 12.3 Å². The number of nitrogens with two attached hydrogens (primary N) is 1. The van der Waals surface area contributed by atoms with E-state index >= 15 is 0 Å². The molecule has 1 aliphatic rings. The number of aryl methyl sites for hydroxylation is 1. The van der Waals surface area contributed by atoms with Gasteiger partial charge in [0.15, 0.2) is 0 Å². The van der Waals surface area contributed by atoms with Gasteiger partial charge in [-0.2, -0.15) is 0 Å². The summed E-state index contributed by atoms with van der Waals surface area (Å²) in [6.45, 7) is 2.31. The van der Waals surface area contributed by atoms with Crippen LogP contribution in [0.4, 0.5) is 5.82 Å². The van der Waals surface area contributed by atoms with E-state index in [9.17, 15) is 0 Å². The van der Waals surface area contributed by atoms with Gasteiger partial charge in [0.2, 0.25) is 0 Å². The van der Waals surface area contributed by atoms with Crippen LogP contribution in [-0.4, -0.2) is 4.98 Å². The Hall–Kier alpha value is -1.05. The number of aromatic nitrogens is 1. The molecule has 2 heteroatoms. The second kappa shape index (κ2) is 3.36. The third-order valence-corrected chi connectivity index (χ3v) is 2.98. The Kier molecular flexibility index (Phi) is 2.21. The van der Waals surface area contributed by atoms with E-state index in [1.54, 1.807) is 0 Å². The minimum absolute atomic E-state index is 0.742. The second-order valence-corrected chi connectivity index (χ2v) is 4.02. The van der Waals surface area contributed by atoms with Crippen molar-refractivity contribution in [2.24, 2.45) is 5.92 Å². The van der Waals surface area contributed by atoms with Crippen LogP contribution in [-0.2, 0) is 12.8 Å².